The highest BCUT2D eigenvalue weighted by Crippen LogP contribution is 2.23. The lowest BCUT2D eigenvalue weighted by molar-refractivity contribution is -0.131. The molecule has 1 N–H and O–H groups in total. The molecule has 27 heavy (non-hydrogen) atoms. The summed E-state index contributed by atoms with van der Waals surface area (Å²) >= 11 is 0. The summed E-state index contributed by atoms with van der Waals surface area (Å²) in [5, 5.41) is 9.30. The topological polar surface area (TPSA) is 43.8 Å². The van der Waals surface area contributed by atoms with Gasteiger partial charge in [-0.3, -0.25) is 9.69 Å². The van der Waals surface area contributed by atoms with Gasteiger partial charge in [-0.15, -0.1) is 0 Å². The van der Waals surface area contributed by atoms with Gasteiger partial charge in [0.05, 0.1) is 13.2 Å². The van der Waals surface area contributed by atoms with Gasteiger partial charge in [0.25, 0.3) is 0 Å². The summed E-state index contributed by atoms with van der Waals surface area (Å²) in [6.45, 7) is 4.18. The van der Waals surface area contributed by atoms with Gasteiger partial charge in [-0.2, -0.15) is 0 Å². The number of amides is 1. The fourth-order valence-corrected chi connectivity index (χ4v) is 4.39. The molecule has 2 aromatic carbocycles. The first kappa shape index (κ1) is 18.2. The average molecular weight is 364 g/mol. The van der Waals surface area contributed by atoms with Crippen LogP contribution < -0.4 is 0 Å². The number of hydrogen-bond acceptors (Lipinski definition) is 3. The predicted octanol–water partition coefficient (Wildman–Crippen LogP) is 2.63. The quantitative estimate of drug-likeness (QED) is 0.887. The summed E-state index contributed by atoms with van der Waals surface area (Å²) in [5.74, 6) is 0.783. The van der Waals surface area contributed by atoms with Crippen LogP contribution in [0.1, 0.15) is 28.7 Å². The number of hydrogen-bond donors (Lipinski definition) is 1. The monoisotopic (exact) mass is 364 g/mol. The van der Waals surface area contributed by atoms with Crippen molar-refractivity contribution in [3.8, 4) is 0 Å². The van der Waals surface area contributed by atoms with E-state index in [4.69, 9.17) is 0 Å². The average Bonchev–Trinajstić information content (AvgIpc) is 3.16. The zero-order valence-electron chi connectivity index (χ0n) is 15.8. The van der Waals surface area contributed by atoms with E-state index >= 15 is 0 Å². The van der Waals surface area contributed by atoms with Crippen LogP contribution in [0.3, 0.4) is 0 Å². The van der Waals surface area contributed by atoms with Crippen molar-refractivity contribution in [3.05, 3.63) is 70.8 Å². The Hall–Kier alpha value is -2.17. The molecule has 0 radical (unpaired) electrons. The molecule has 0 aromatic heterocycles. The van der Waals surface area contributed by atoms with Crippen molar-refractivity contribution in [1.29, 1.82) is 0 Å². The molecular formula is C23H28N2O2. The largest absolute Gasteiger partial charge is 0.392 e. The van der Waals surface area contributed by atoms with E-state index < -0.39 is 0 Å². The first-order valence-corrected chi connectivity index (χ1v) is 9.97. The van der Waals surface area contributed by atoms with Gasteiger partial charge >= 0.3 is 0 Å². The van der Waals surface area contributed by atoms with Crippen molar-refractivity contribution in [2.75, 3.05) is 26.2 Å². The zero-order chi connectivity index (χ0) is 18.6. The lowest BCUT2D eigenvalue weighted by Gasteiger charge is -2.29. The Morgan fingerprint density at radius 3 is 2.70 bits per heavy atom. The van der Waals surface area contributed by atoms with Gasteiger partial charge in [0, 0.05) is 26.2 Å². The van der Waals surface area contributed by atoms with Crippen LogP contribution in [-0.4, -0.2) is 47.0 Å². The molecule has 4 rings (SSSR count). The maximum atomic E-state index is 12.8. The lowest BCUT2D eigenvalue weighted by atomic mass is 9.97. The summed E-state index contributed by atoms with van der Waals surface area (Å²) in [5.41, 5.74) is 5.00. The van der Waals surface area contributed by atoms with E-state index in [-0.39, 0.29) is 12.5 Å². The van der Waals surface area contributed by atoms with E-state index in [1.165, 1.54) is 16.7 Å². The maximum absolute atomic E-state index is 12.8. The molecule has 4 nitrogen and oxygen atoms in total. The summed E-state index contributed by atoms with van der Waals surface area (Å²) in [6.07, 6.45) is 3.08. The zero-order valence-corrected chi connectivity index (χ0v) is 15.8. The first-order chi connectivity index (χ1) is 13.2. The summed E-state index contributed by atoms with van der Waals surface area (Å²) in [7, 11) is 0. The van der Waals surface area contributed by atoms with Crippen LogP contribution >= 0.6 is 0 Å². The molecule has 1 saturated heterocycles. The lowest BCUT2D eigenvalue weighted by Crippen LogP contribution is -2.41. The molecule has 0 unspecified atom stereocenters. The Morgan fingerprint density at radius 1 is 1.04 bits per heavy atom. The molecule has 4 heteroatoms. The van der Waals surface area contributed by atoms with Crippen molar-refractivity contribution >= 4 is 5.91 Å². The third kappa shape index (κ3) is 4.40. The van der Waals surface area contributed by atoms with Crippen LogP contribution in [0.15, 0.2) is 48.5 Å². The molecular weight excluding hydrogens is 336 g/mol. The van der Waals surface area contributed by atoms with Crippen molar-refractivity contribution < 1.29 is 9.90 Å². The number of nitrogens with zero attached hydrogens (tertiary/aromatic N) is 2. The SMILES string of the molecule is O=C(CN1CCc2ccccc2C1)N1CC[C@H](Cc2cccc(CO)c2)C1. The minimum absolute atomic E-state index is 0.0854. The molecule has 2 heterocycles. The van der Waals surface area contributed by atoms with Crippen LogP contribution in [0.5, 0.6) is 0 Å². The standard InChI is InChI=1S/C23H28N2O2/c26-17-20-5-3-4-18(13-20)12-19-8-11-25(14-19)23(27)16-24-10-9-21-6-1-2-7-22(21)15-24/h1-7,13,19,26H,8-12,14-17H2/t19-/m1/s1. The molecule has 1 amide bonds. The number of rotatable bonds is 5. The van der Waals surface area contributed by atoms with E-state index in [2.05, 4.69) is 41.3 Å². The number of carbonyl (C=O) groups excluding carboxylic acids is 1. The Kier molecular flexibility index (Phi) is 5.55. The molecule has 0 saturated carbocycles. The van der Waals surface area contributed by atoms with Gasteiger partial charge in [-0.05, 0) is 47.4 Å². The Balaban J connectivity index is 1.29. The second kappa shape index (κ2) is 8.24. The van der Waals surface area contributed by atoms with Gasteiger partial charge in [-0.1, -0.05) is 48.5 Å². The van der Waals surface area contributed by atoms with Crippen molar-refractivity contribution in [3.63, 3.8) is 0 Å². The van der Waals surface area contributed by atoms with Crippen LogP contribution in [0.2, 0.25) is 0 Å². The van der Waals surface area contributed by atoms with Gasteiger partial charge in [0.2, 0.25) is 5.91 Å². The molecule has 2 aliphatic heterocycles. The van der Waals surface area contributed by atoms with Crippen LogP contribution in [-0.2, 0) is 30.8 Å². The predicted molar refractivity (Wildman–Crippen MR) is 106 cm³/mol. The number of benzene rings is 2. The Morgan fingerprint density at radius 2 is 1.85 bits per heavy atom. The normalized spacial score (nSPS) is 19.9. The molecule has 0 aliphatic carbocycles. The highest BCUT2D eigenvalue weighted by atomic mass is 16.3. The van der Waals surface area contributed by atoms with Gasteiger partial charge < -0.3 is 10.0 Å². The van der Waals surface area contributed by atoms with Crippen molar-refractivity contribution in [2.45, 2.75) is 32.4 Å². The maximum Gasteiger partial charge on any atom is 0.236 e. The molecule has 1 fully saturated rings. The number of likely N-dealkylation sites (tertiary alicyclic amines) is 1. The number of fused-ring (bicyclic) bond motifs is 1. The van der Waals surface area contributed by atoms with Crippen molar-refractivity contribution in [1.82, 2.24) is 9.80 Å². The highest BCUT2D eigenvalue weighted by molar-refractivity contribution is 5.78. The van der Waals surface area contributed by atoms with Gasteiger partial charge in [0.15, 0.2) is 0 Å². The molecule has 2 aromatic rings. The van der Waals surface area contributed by atoms with E-state index in [1.54, 1.807) is 0 Å². The summed E-state index contributed by atoms with van der Waals surface area (Å²) in [6, 6.07) is 16.7. The molecule has 0 bridgehead atoms. The minimum Gasteiger partial charge on any atom is -0.392 e. The number of aliphatic hydroxyl groups excluding tert-OH is 1. The van der Waals surface area contributed by atoms with E-state index in [0.717, 1.165) is 51.0 Å². The summed E-state index contributed by atoms with van der Waals surface area (Å²) in [4.78, 5) is 17.1. The minimum atomic E-state index is 0.0854. The third-order valence-corrected chi connectivity index (χ3v) is 5.91. The number of carbonyl (C=O) groups is 1. The number of aliphatic hydroxyl groups is 1. The molecule has 0 spiro atoms. The Bertz CT molecular complexity index is 804. The van der Waals surface area contributed by atoms with E-state index in [9.17, 15) is 9.90 Å². The van der Waals surface area contributed by atoms with E-state index in [1.807, 2.05) is 17.0 Å². The third-order valence-electron chi connectivity index (χ3n) is 5.91. The second-order valence-corrected chi connectivity index (χ2v) is 7.91. The fourth-order valence-electron chi connectivity index (χ4n) is 4.39. The molecule has 1 atom stereocenters. The fraction of sp³-hybridized carbons (Fsp3) is 0.435. The highest BCUT2D eigenvalue weighted by Gasteiger charge is 2.28. The van der Waals surface area contributed by atoms with Crippen LogP contribution in [0, 0.1) is 5.92 Å². The molecule has 2 aliphatic rings. The Labute approximate surface area is 161 Å². The summed E-state index contributed by atoms with van der Waals surface area (Å²) < 4.78 is 0. The van der Waals surface area contributed by atoms with Crippen LogP contribution in [0.4, 0.5) is 0 Å². The second-order valence-electron chi connectivity index (χ2n) is 7.91. The van der Waals surface area contributed by atoms with E-state index in [0.29, 0.717) is 12.5 Å². The first-order valence-electron chi connectivity index (χ1n) is 9.97. The van der Waals surface area contributed by atoms with Crippen LogP contribution in [0.25, 0.3) is 0 Å². The van der Waals surface area contributed by atoms with Gasteiger partial charge in [0.1, 0.15) is 0 Å². The molecule has 142 valence electrons. The van der Waals surface area contributed by atoms with Gasteiger partial charge in [-0.25, -0.2) is 0 Å². The smallest absolute Gasteiger partial charge is 0.236 e. The van der Waals surface area contributed by atoms with Crippen molar-refractivity contribution in [2.24, 2.45) is 5.92 Å².